The van der Waals surface area contributed by atoms with Gasteiger partial charge in [-0.3, -0.25) is 4.79 Å². The zero-order valence-electron chi connectivity index (χ0n) is 12.3. The summed E-state index contributed by atoms with van der Waals surface area (Å²) in [6.07, 6.45) is 4.72. The molecule has 0 unspecified atom stereocenters. The maximum absolute atomic E-state index is 12.5. The molecule has 0 saturated heterocycles. The van der Waals surface area contributed by atoms with Gasteiger partial charge in [0.25, 0.3) is 0 Å². The number of carbonyl (C=O) groups excluding carboxylic acids is 1. The Labute approximate surface area is 120 Å². The molecule has 1 aromatic carbocycles. The van der Waals surface area contributed by atoms with Crippen molar-refractivity contribution >= 4 is 11.6 Å². The molecule has 0 radical (unpaired) electrons. The smallest absolute Gasteiger partial charge is 0.247 e. The van der Waals surface area contributed by atoms with Gasteiger partial charge in [-0.05, 0) is 43.5 Å². The highest BCUT2D eigenvalue weighted by Crippen LogP contribution is 2.20. The van der Waals surface area contributed by atoms with E-state index in [9.17, 15) is 4.79 Å². The van der Waals surface area contributed by atoms with Crippen LogP contribution in [0.5, 0.6) is 0 Å². The van der Waals surface area contributed by atoms with Crippen LogP contribution in [-0.4, -0.2) is 10.5 Å². The minimum Gasteiger partial charge on any atom is -0.342 e. The van der Waals surface area contributed by atoms with Gasteiger partial charge in [-0.1, -0.05) is 31.5 Å². The number of rotatable bonds is 5. The molecule has 0 bridgehead atoms. The number of nitrogens with one attached hydrogen (secondary N) is 1. The van der Waals surface area contributed by atoms with Crippen molar-refractivity contribution in [1.82, 2.24) is 4.57 Å². The van der Waals surface area contributed by atoms with E-state index in [4.69, 9.17) is 0 Å². The summed E-state index contributed by atoms with van der Waals surface area (Å²) >= 11 is 0. The Bertz CT molecular complexity index is 541. The number of benzene rings is 1. The van der Waals surface area contributed by atoms with Gasteiger partial charge < -0.3 is 9.88 Å². The average Bonchev–Trinajstić information content (AvgIpc) is 2.92. The van der Waals surface area contributed by atoms with Crippen molar-refractivity contribution in [3.05, 3.63) is 54.4 Å². The fourth-order valence-electron chi connectivity index (χ4n) is 2.23. The predicted molar refractivity (Wildman–Crippen MR) is 82.7 cm³/mol. The lowest BCUT2D eigenvalue weighted by molar-refractivity contribution is -0.119. The van der Waals surface area contributed by atoms with Crippen LogP contribution in [0.1, 0.15) is 31.9 Å². The second-order valence-corrected chi connectivity index (χ2v) is 5.63. The summed E-state index contributed by atoms with van der Waals surface area (Å²) in [7, 11) is 0. The first kappa shape index (κ1) is 14.4. The standard InChI is InChI=1S/C17H22N2O/c1-13(2)12-16(19-10-4-5-11-19)17(20)18-15-8-6-14(3)7-9-15/h4-11,13,16H,12H2,1-3H3,(H,18,20)/t16-/m0/s1. The second-order valence-electron chi connectivity index (χ2n) is 5.63. The van der Waals surface area contributed by atoms with Crippen molar-refractivity contribution < 1.29 is 4.79 Å². The predicted octanol–water partition coefficient (Wildman–Crippen LogP) is 4.02. The van der Waals surface area contributed by atoms with Crippen LogP contribution < -0.4 is 5.32 Å². The van der Waals surface area contributed by atoms with Gasteiger partial charge in [0.15, 0.2) is 0 Å². The van der Waals surface area contributed by atoms with Crippen LogP contribution in [0, 0.1) is 12.8 Å². The van der Waals surface area contributed by atoms with E-state index >= 15 is 0 Å². The zero-order chi connectivity index (χ0) is 14.5. The quantitative estimate of drug-likeness (QED) is 0.874. The van der Waals surface area contributed by atoms with Crippen molar-refractivity contribution in [2.45, 2.75) is 33.2 Å². The van der Waals surface area contributed by atoms with Crippen molar-refractivity contribution in [3.63, 3.8) is 0 Å². The van der Waals surface area contributed by atoms with E-state index in [1.54, 1.807) is 0 Å². The number of aryl methyl sites for hydroxylation is 1. The third-order valence-corrected chi connectivity index (χ3v) is 3.30. The number of carbonyl (C=O) groups is 1. The fourth-order valence-corrected chi connectivity index (χ4v) is 2.23. The first-order chi connectivity index (χ1) is 9.56. The maximum atomic E-state index is 12.5. The molecule has 0 saturated carbocycles. The Morgan fingerprint density at radius 2 is 1.75 bits per heavy atom. The highest BCUT2D eigenvalue weighted by atomic mass is 16.2. The summed E-state index contributed by atoms with van der Waals surface area (Å²) in [4.78, 5) is 12.5. The van der Waals surface area contributed by atoms with Crippen molar-refractivity contribution in [1.29, 1.82) is 0 Å². The van der Waals surface area contributed by atoms with Crippen molar-refractivity contribution in [3.8, 4) is 0 Å². The Kier molecular flexibility index (Phi) is 4.61. The lowest BCUT2D eigenvalue weighted by Crippen LogP contribution is -2.26. The Hall–Kier alpha value is -2.03. The third kappa shape index (κ3) is 3.73. The summed E-state index contributed by atoms with van der Waals surface area (Å²) in [6.45, 7) is 6.30. The SMILES string of the molecule is Cc1ccc(NC(=O)[C@H](CC(C)C)n2cccc2)cc1. The summed E-state index contributed by atoms with van der Waals surface area (Å²) in [5, 5.41) is 3.00. The molecule has 0 aliphatic heterocycles. The van der Waals surface area contributed by atoms with E-state index < -0.39 is 0 Å². The number of nitrogens with zero attached hydrogens (tertiary/aromatic N) is 1. The Morgan fingerprint density at radius 1 is 1.15 bits per heavy atom. The van der Waals surface area contributed by atoms with Crippen molar-refractivity contribution in [2.75, 3.05) is 5.32 Å². The van der Waals surface area contributed by atoms with Gasteiger partial charge in [-0.15, -0.1) is 0 Å². The van der Waals surface area contributed by atoms with Crippen LogP contribution in [0.3, 0.4) is 0 Å². The molecule has 1 aromatic heterocycles. The number of hydrogen-bond acceptors (Lipinski definition) is 1. The molecule has 3 nitrogen and oxygen atoms in total. The lowest BCUT2D eigenvalue weighted by atomic mass is 10.0. The minimum atomic E-state index is -0.161. The first-order valence-electron chi connectivity index (χ1n) is 7.06. The van der Waals surface area contributed by atoms with Crippen LogP contribution in [-0.2, 0) is 4.79 Å². The summed E-state index contributed by atoms with van der Waals surface area (Å²) in [5.41, 5.74) is 2.04. The molecule has 1 N–H and O–H groups in total. The molecule has 3 heteroatoms. The topological polar surface area (TPSA) is 34.0 Å². The van der Waals surface area contributed by atoms with E-state index in [2.05, 4.69) is 19.2 Å². The average molecular weight is 270 g/mol. The van der Waals surface area contributed by atoms with Crippen LogP contribution in [0.15, 0.2) is 48.8 Å². The van der Waals surface area contributed by atoms with Crippen LogP contribution in [0.25, 0.3) is 0 Å². The monoisotopic (exact) mass is 270 g/mol. The van der Waals surface area contributed by atoms with Gasteiger partial charge in [0, 0.05) is 18.1 Å². The lowest BCUT2D eigenvalue weighted by Gasteiger charge is -2.20. The molecule has 0 aliphatic carbocycles. The highest BCUT2D eigenvalue weighted by Gasteiger charge is 2.20. The number of amides is 1. The molecular weight excluding hydrogens is 248 g/mol. The molecule has 1 heterocycles. The summed E-state index contributed by atoms with van der Waals surface area (Å²) in [5.74, 6) is 0.505. The van der Waals surface area contributed by atoms with Crippen molar-refractivity contribution in [2.24, 2.45) is 5.92 Å². The van der Waals surface area contributed by atoms with E-state index in [0.29, 0.717) is 5.92 Å². The molecule has 2 rings (SSSR count). The minimum absolute atomic E-state index is 0.0405. The van der Waals surface area contributed by atoms with Gasteiger partial charge in [-0.25, -0.2) is 0 Å². The van der Waals surface area contributed by atoms with E-state index in [-0.39, 0.29) is 11.9 Å². The van der Waals surface area contributed by atoms with Gasteiger partial charge in [-0.2, -0.15) is 0 Å². The number of hydrogen-bond donors (Lipinski definition) is 1. The zero-order valence-corrected chi connectivity index (χ0v) is 12.3. The van der Waals surface area contributed by atoms with Crippen LogP contribution in [0.2, 0.25) is 0 Å². The van der Waals surface area contributed by atoms with Crippen LogP contribution in [0.4, 0.5) is 5.69 Å². The molecule has 2 aromatic rings. The molecule has 1 atom stereocenters. The fraction of sp³-hybridized carbons (Fsp3) is 0.353. The molecular formula is C17H22N2O. The second kappa shape index (κ2) is 6.42. The summed E-state index contributed by atoms with van der Waals surface area (Å²) < 4.78 is 1.98. The molecule has 0 fully saturated rings. The Balaban J connectivity index is 2.12. The third-order valence-electron chi connectivity index (χ3n) is 3.30. The van der Waals surface area contributed by atoms with Gasteiger partial charge >= 0.3 is 0 Å². The first-order valence-corrected chi connectivity index (χ1v) is 7.06. The molecule has 106 valence electrons. The normalized spacial score (nSPS) is 12.4. The molecule has 20 heavy (non-hydrogen) atoms. The van der Waals surface area contributed by atoms with E-state index in [1.165, 1.54) is 5.56 Å². The maximum Gasteiger partial charge on any atom is 0.247 e. The van der Waals surface area contributed by atoms with Gasteiger partial charge in [0.1, 0.15) is 6.04 Å². The number of aromatic nitrogens is 1. The van der Waals surface area contributed by atoms with Gasteiger partial charge in [0.05, 0.1) is 0 Å². The Morgan fingerprint density at radius 3 is 2.30 bits per heavy atom. The molecule has 1 amide bonds. The number of anilines is 1. The molecule has 0 spiro atoms. The molecule has 0 aliphatic rings. The van der Waals surface area contributed by atoms with E-state index in [0.717, 1.165) is 12.1 Å². The highest BCUT2D eigenvalue weighted by molar-refractivity contribution is 5.93. The largest absolute Gasteiger partial charge is 0.342 e. The van der Waals surface area contributed by atoms with Gasteiger partial charge in [0.2, 0.25) is 5.91 Å². The van der Waals surface area contributed by atoms with Crippen LogP contribution >= 0.6 is 0 Å². The summed E-state index contributed by atoms with van der Waals surface area (Å²) in [6, 6.07) is 11.6. The van der Waals surface area contributed by atoms with E-state index in [1.807, 2.05) is 60.3 Å².